The molecule has 3 N–H and O–H groups in total. The molecule has 1 amide bonds. The third-order valence-electron chi connectivity index (χ3n) is 15.1. The molecule has 0 heterocycles. The molecule has 0 rings (SSSR count). The summed E-state index contributed by atoms with van der Waals surface area (Å²) in [6.07, 6.45) is 72.5. The van der Waals surface area contributed by atoms with Crippen molar-refractivity contribution in [3.63, 3.8) is 0 Å². The summed E-state index contributed by atoms with van der Waals surface area (Å²) >= 11 is 0. The minimum absolute atomic E-state index is 0.00359. The van der Waals surface area contributed by atoms with E-state index in [1.807, 2.05) is 6.08 Å². The van der Waals surface area contributed by atoms with Gasteiger partial charge in [0.15, 0.2) is 0 Å². The Hall–Kier alpha value is -1.40. The second-order valence-electron chi connectivity index (χ2n) is 22.1. The number of aliphatic hydroxyl groups excluding tert-OH is 2. The number of aliphatic hydroxyl groups is 2. The van der Waals surface area contributed by atoms with Crippen molar-refractivity contribution in [2.45, 2.75) is 373 Å². The van der Waals surface area contributed by atoms with Crippen LogP contribution in [-0.2, 0) is 14.3 Å². The van der Waals surface area contributed by atoms with Gasteiger partial charge in [-0.25, -0.2) is 0 Å². The fourth-order valence-electron chi connectivity index (χ4n) is 10.2. The van der Waals surface area contributed by atoms with Crippen LogP contribution in [0.25, 0.3) is 0 Å². The number of esters is 1. The van der Waals surface area contributed by atoms with Crippen molar-refractivity contribution in [2.24, 2.45) is 0 Å². The standard InChI is InChI=1S/C64H125NO5/c1-3-5-7-9-11-13-15-17-19-20-21-22-23-24-25-26-29-32-36-40-44-48-52-56-62(67)61(60-66)65-63(68)57-53-49-45-41-37-33-30-27-31-35-39-43-47-51-55-59-70-64(69)58-54-50-46-42-38-34-28-18-16-14-12-10-8-6-4-2/h52,56,61-62,66-67H,3-51,53-55,57-60H2,1-2H3,(H,65,68)/b56-52+. The van der Waals surface area contributed by atoms with E-state index in [1.165, 1.54) is 289 Å². The van der Waals surface area contributed by atoms with Gasteiger partial charge in [-0.2, -0.15) is 0 Å². The minimum atomic E-state index is -0.851. The first kappa shape index (κ1) is 68.6. The van der Waals surface area contributed by atoms with Gasteiger partial charge >= 0.3 is 5.97 Å². The van der Waals surface area contributed by atoms with Crippen LogP contribution in [0.3, 0.4) is 0 Å². The van der Waals surface area contributed by atoms with E-state index in [9.17, 15) is 19.8 Å². The predicted molar refractivity (Wildman–Crippen MR) is 306 cm³/mol. The molecule has 0 spiro atoms. The van der Waals surface area contributed by atoms with E-state index in [1.54, 1.807) is 6.08 Å². The number of ether oxygens (including phenoxy) is 1. The van der Waals surface area contributed by atoms with Crippen molar-refractivity contribution in [3.05, 3.63) is 12.2 Å². The topological polar surface area (TPSA) is 95.9 Å². The third kappa shape index (κ3) is 55.9. The fourth-order valence-corrected chi connectivity index (χ4v) is 10.2. The Kier molecular flexibility index (Phi) is 59.0. The van der Waals surface area contributed by atoms with Crippen molar-refractivity contribution in [1.29, 1.82) is 0 Å². The first-order valence-corrected chi connectivity index (χ1v) is 32.0. The van der Waals surface area contributed by atoms with E-state index < -0.39 is 12.1 Å². The number of hydrogen-bond acceptors (Lipinski definition) is 5. The number of unbranched alkanes of at least 4 members (excludes halogenated alkanes) is 49. The van der Waals surface area contributed by atoms with Gasteiger partial charge in [0, 0.05) is 12.8 Å². The molecule has 0 aliphatic rings. The average Bonchev–Trinajstić information content (AvgIpc) is 3.36. The lowest BCUT2D eigenvalue weighted by atomic mass is 10.0. The molecule has 0 fully saturated rings. The largest absolute Gasteiger partial charge is 0.466 e. The average molecular weight is 989 g/mol. The maximum Gasteiger partial charge on any atom is 0.305 e. The lowest BCUT2D eigenvalue weighted by Crippen LogP contribution is -2.45. The molecule has 0 aromatic heterocycles. The second-order valence-corrected chi connectivity index (χ2v) is 22.1. The Morgan fingerprint density at radius 2 is 0.657 bits per heavy atom. The molecule has 0 aliphatic heterocycles. The Balaban J connectivity index is 3.44. The summed E-state index contributed by atoms with van der Waals surface area (Å²) in [7, 11) is 0. The van der Waals surface area contributed by atoms with Gasteiger partial charge in [0.1, 0.15) is 0 Å². The van der Waals surface area contributed by atoms with Gasteiger partial charge in [0.25, 0.3) is 0 Å². The minimum Gasteiger partial charge on any atom is -0.466 e. The number of amides is 1. The van der Waals surface area contributed by atoms with Crippen molar-refractivity contribution >= 4 is 11.9 Å². The lowest BCUT2D eigenvalue weighted by molar-refractivity contribution is -0.143. The van der Waals surface area contributed by atoms with Crippen LogP contribution < -0.4 is 5.32 Å². The molecule has 0 aliphatic carbocycles. The maximum absolute atomic E-state index is 12.5. The van der Waals surface area contributed by atoms with Crippen molar-refractivity contribution < 1.29 is 24.5 Å². The summed E-state index contributed by atoms with van der Waals surface area (Å²) in [5.74, 6) is -0.0684. The highest BCUT2D eigenvalue weighted by molar-refractivity contribution is 5.76. The normalized spacial score (nSPS) is 12.6. The Labute approximate surface area is 438 Å². The number of carbonyl (C=O) groups is 2. The van der Waals surface area contributed by atoms with Crippen LogP contribution in [0.2, 0.25) is 0 Å². The Bertz CT molecular complexity index is 1050. The van der Waals surface area contributed by atoms with Gasteiger partial charge < -0.3 is 20.3 Å². The number of rotatable bonds is 60. The van der Waals surface area contributed by atoms with Crippen molar-refractivity contribution in [1.82, 2.24) is 5.32 Å². The van der Waals surface area contributed by atoms with Crippen LogP contribution in [0.5, 0.6) is 0 Å². The zero-order valence-electron chi connectivity index (χ0n) is 47.5. The van der Waals surface area contributed by atoms with Crippen molar-refractivity contribution in [2.75, 3.05) is 13.2 Å². The molecular formula is C64H125NO5. The highest BCUT2D eigenvalue weighted by Gasteiger charge is 2.18. The molecular weight excluding hydrogens is 863 g/mol. The lowest BCUT2D eigenvalue weighted by Gasteiger charge is -2.20. The molecule has 0 aromatic rings. The van der Waals surface area contributed by atoms with E-state index >= 15 is 0 Å². The number of carbonyl (C=O) groups excluding carboxylic acids is 2. The number of nitrogens with one attached hydrogen (secondary N) is 1. The van der Waals surface area contributed by atoms with Crippen LogP contribution in [0.15, 0.2) is 12.2 Å². The summed E-state index contributed by atoms with van der Waals surface area (Å²) in [6.45, 7) is 4.92. The van der Waals surface area contributed by atoms with E-state index in [0.29, 0.717) is 19.4 Å². The van der Waals surface area contributed by atoms with Crippen LogP contribution in [-0.4, -0.2) is 47.4 Å². The van der Waals surface area contributed by atoms with Crippen LogP contribution >= 0.6 is 0 Å². The zero-order chi connectivity index (χ0) is 50.7. The number of hydrogen-bond donors (Lipinski definition) is 3. The van der Waals surface area contributed by atoms with Crippen molar-refractivity contribution in [3.8, 4) is 0 Å². The molecule has 416 valence electrons. The summed E-state index contributed by atoms with van der Waals surface area (Å²) in [5.41, 5.74) is 0. The third-order valence-corrected chi connectivity index (χ3v) is 15.1. The highest BCUT2D eigenvalue weighted by atomic mass is 16.5. The van der Waals surface area contributed by atoms with Gasteiger partial charge in [-0.15, -0.1) is 0 Å². The predicted octanol–water partition coefficient (Wildman–Crippen LogP) is 20.0. The quantitative estimate of drug-likeness (QED) is 0.0321. The number of allylic oxidation sites excluding steroid dienone is 1. The van der Waals surface area contributed by atoms with E-state index in [2.05, 4.69) is 19.2 Å². The Morgan fingerprint density at radius 3 is 0.971 bits per heavy atom. The van der Waals surface area contributed by atoms with Crippen LogP contribution in [0.1, 0.15) is 361 Å². The van der Waals surface area contributed by atoms with E-state index in [0.717, 1.165) is 44.9 Å². The highest BCUT2D eigenvalue weighted by Crippen LogP contribution is 2.18. The molecule has 0 radical (unpaired) electrons. The van der Waals surface area contributed by atoms with E-state index in [4.69, 9.17) is 4.74 Å². The van der Waals surface area contributed by atoms with E-state index in [-0.39, 0.29) is 18.5 Å². The summed E-state index contributed by atoms with van der Waals surface area (Å²) in [5, 5.41) is 23.2. The van der Waals surface area contributed by atoms with Crippen LogP contribution in [0.4, 0.5) is 0 Å². The fraction of sp³-hybridized carbons (Fsp3) is 0.938. The molecule has 6 nitrogen and oxygen atoms in total. The zero-order valence-corrected chi connectivity index (χ0v) is 47.5. The van der Waals surface area contributed by atoms with Gasteiger partial charge in [0.05, 0.1) is 25.4 Å². The second kappa shape index (κ2) is 60.2. The summed E-state index contributed by atoms with van der Waals surface area (Å²) < 4.78 is 5.48. The monoisotopic (exact) mass is 988 g/mol. The van der Waals surface area contributed by atoms with Gasteiger partial charge in [-0.05, 0) is 32.1 Å². The molecule has 70 heavy (non-hydrogen) atoms. The molecule has 2 unspecified atom stereocenters. The molecule has 0 saturated heterocycles. The first-order chi connectivity index (χ1) is 34.5. The van der Waals surface area contributed by atoms with Gasteiger partial charge in [0.2, 0.25) is 5.91 Å². The maximum atomic E-state index is 12.5. The Morgan fingerprint density at radius 1 is 0.386 bits per heavy atom. The van der Waals surface area contributed by atoms with Crippen LogP contribution in [0, 0.1) is 0 Å². The van der Waals surface area contributed by atoms with Gasteiger partial charge in [-0.3, -0.25) is 9.59 Å². The molecule has 6 heteroatoms. The first-order valence-electron chi connectivity index (χ1n) is 32.0. The molecule has 2 atom stereocenters. The molecule has 0 aromatic carbocycles. The molecule has 0 bridgehead atoms. The SMILES string of the molecule is CCCCCCCCCCCCCCCCCCCCCCC/C=C/C(O)C(CO)NC(=O)CCCCCCCCCCCCCCCCCOC(=O)CCCCCCCCCCCCCCCCC. The summed E-state index contributed by atoms with van der Waals surface area (Å²) in [4.78, 5) is 24.6. The smallest absolute Gasteiger partial charge is 0.305 e. The molecule has 0 saturated carbocycles. The summed E-state index contributed by atoms with van der Waals surface area (Å²) in [6, 6.07) is -0.634. The van der Waals surface area contributed by atoms with Gasteiger partial charge in [-0.1, -0.05) is 328 Å².